The number of nitrogens with one attached hydrogen (secondary N) is 1. The van der Waals surface area contributed by atoms with E-state index in [1.54, 1.807) is 31.0 Å². The largest absolute Gasteiger partial charge is 0.346 e. The van der Waals surface area contributed by atoms with Gasteiger partial charge in [-0.15, -0.1) is 0 Å². The molecule has 0 saturated carbocycles. The van der Waals surface area contributed by atoms with Crippen LogP contribution < -0.4 is 5.32 Å². The molecule has 0 aliphatic carbocycles. The molecule has 0 radical (unpaired) electrons. The van der Waals surface area contributed by atoms with Crippen molar-refractivity contribution in [2.75, 3.05) is 6.54 Å². The summed E-state index contributed by atoms with van der Waals surface area (Å²) in [6, 6.07) is 5.81. The number of hydrogen-bond donors (Lipinski definition) is 1. The van der Waals surface area contributed by atoms with Crippen molar-refractivity contribution < 1.29 is 14.0 Å². The van der Waals surface area contributed by atoms with Gasteiger partial charge in [-0.2, -0.15) is 5.10 Å². The van der Waals surface area contributed by atoms with Gasteiger partial charge in [0.05, 0.1) is 16.8 Å². The molecule has 1 saturated heterocycles. The molecule has 1 fully saturated rings. The monoisotopic (exact) mass is 364 g/mol. The third-order valence-corrected chi connectivity index (χ3v) is 4.63. The summed E-state index contributed by atoms with van der Waals surface area (Å²) in [6.07, 6.45) is 0.204. The molecule has 1 aliphatic heterocycles. The first-order chi connectivity index (χ1) is 11.8. The van der Waals surface area contributed by atoms with Crippen LogP contribution in [-0.4, -0.2) is 39.1 Å². The summed E-state index contributed by atoms with van der Waals surface area (Å²) in [4.78, 5) is 26.2. The highest BCUT2D eigenvalue weighted by molar-refractivity contribution is 6.34. The molecule has 2 aromatic rings. The summed E-state index contributed by atoms with van der Waals surface area (Å²) >= 11 is 6.12. The lowest BCUT2D eigenvalue weighted by Crippen LogP contribution is -2.38. The van der Waals surface area contributed by atoms with Gasteiger partial charge in [-0.25, -0.2) is 4.39 Å². The molecule has 132 valence electrons. The first-order valence-electron chi connectivity index (χ1n) is 7.87. The number of benzene rings is 1. The molecule has 1 unspecified atom stereocenters. The van der Waals surface area contributed by atoms with Crippen LogP contribution >= 0.6 is 11.6 Å². The Labute approximate surface area is 149 Å². The minimum absolute atomic E-state index is 0.0816. The molecular weight excluding hydrogens is 347 g/mol. The first kappa shape index (κ1) is 17.4. The zero-order valence-electron chi connectivity index (χ0n) is 13.9. The molecule has 1 aromatic heterocycles. The van der Waals surface area contributed by atoms with Gasteiger partial charge in [-0.1, -0.05) is 23.7 Å². The van der Waals surface area contributed by atoms with Crippen molar-refractivity contribution in [3.8, 4) is 0 Å². The normalized spacial score (nSPS) is 17.2. The molecule has 25 heavy (non-hydrogen) atoms. The van der Waals surface area contributed by atoms with Crippen molar-refractivity contribution in [1.82, 2.24) is 20.0 Å². The van der Waals surface area contributed by atoms with Crippen molar-refractivity contribution in [3.63, 3.8) is 0 Å². The van der Waals surface area contributed by atoms with E-state index in [4.69, 9.17) is 11.6 Å². The van der Waals surface area contributed by atoms with E-state index in [1.165, 1.54) is 16.8 Å². The number of carbonyl (C=O) groups excluding carboxylic acids is 2. The Morgan fingerprint density at radius 3 is 2.88 bits per heavy atom. The van der Waals surface area contributed by atoms with Gasteiger partial charge in [0.2, 0.25) is 5.91 Å². The molecule has 2 amide bonds. The van der Waals surface area contributed by atoms with E-state index >= 15 is 0 Å². The van der Waals surface area contributed by atoms with Crippen LogP contribution in [0.3, 0.4) is 0 Å². The quantitative estimate of drug-likeness (QED) is 0.903. The SMILES string of the molecule is Cc1nn(C)c(C(=O)NC2CC(=O)N(Cc3cccc(F)c3)C2)c1Cl. The van der Waals surface area contributed by atoms with Crippen molar-refractivity contribution in [1.29, 1.82) is 0 Å². The number of nitrogens with zero attached hydrogens (tertiary/aromatic N) is 3. The van der Waals surface area contributed by atoms with E-state index in [-0.39, 0.29) is 35.8 Å². The third-order valence-electron chi connectivity index (χ3n) is 4.18. The Bertz CT molecular complexity index is 836. The molecule has 6 nitrogen and oxygen atoms in total. The molecule has 1 N–H and O–H groups in total. The Morgan fingerprint density at radius 2 is 2.24 bits per heavy atom. The van der Waals surface area contributed by atoms with Crippen LogP contribution in [0.4, 0.5) is 4.39 Å². The molecule has 1 atom stereocenters. The highest BCUT2D eigenvalue weighted by Gasteiger charge is 2.32. The molecule has 3 rings (SSSR count). The van der Waals surface area contributed by atoms with E-state index in [1.807, 2.05) is 0 Å². The van der Waals surface area contributed by atoms with E-state index in [9.17, 15) is 14.0 Å². The Balaban J connectivity index is 1.65. The summed E-state index contributed by atoms with van der Waals surface area (Å²) < 4.78 is 14.7. The maximum atomic E-state index is 13.3. The average molecular weight is 365 g/mol. The lowest BCUT2D eigenvalue weighted by molar-refractivity contribution is -0.128. The van der Waals surface area contributed by atoms with E-state index in [0.717, 1.165) is 0 Å². The van der Waals surface area contributed by atoms with Crippen molar-refractivity contribution in [2.45, 2.75) is 25.9 Å². The number of aromatic nitrogens is 2. The standard InChI is InChI=1S/C17H18ClFN4O2/c1-10-15(18)16(22(2)21-10)17(25)20-13-7-14(24)23(9-13)8-11-4-3-5-12(19)6-11/h3-6,13H,7-9H2,1-2H3,(H,20,25). The van der Waals surface area contributed by atoms with Crippen LogP contribution in [0.25, 0.3) is 0 Å². The highest BCUT2D eigenvalue weighted by Crippen LogP contribution is 2.21. The molecule has 0 bridgehead atoms. The summed E-state index contributed by atoms with van der Waals surface area (Å²) in [5, 5.41) is 7.24. The number of carbonyl (C=O) groups is 2. The van der Waals surface area contributed by atoms with Gasteiger partial charge >= 0.3 is 0 Å². The number of amides is 2. The predicted molar refractivity (Wildman–Crippen MR) is 90.6 cm³/mol. The zero-order valence-corrected chi connectivity index (χ0v) is 14.7. The Morgan fingerprint density at radius 1 is 1.48 bits per heavy atom. The van der Waals surface area contributed by atoms with Crippen LogP contribution in [0.15, 0.2) is 24.3 Å². The van der Waals surface area contributed by atoms with Crippen molar-refractivity contribution in [3.05, 3.63) is 52.1 Å². The van der Waals surface area contributed by atoms with Crippen LogP contribution in [0.1, 0.15) is 28.2 Å². The van der Waals surface area contributed by atoms with Crippen LogP contribution in [0.2, 0.25) is 5.02 Å². The molecular formula is C17H18ClFN4O2. The maximum absolute atomic E-state index is 13.3. The van der Waals surface area contributed by atoms with Gasteiger partial charge in [-0.05, 0) is 24.6 Å². The van der Waals surface area contributed by atoms with Gasteiger partial charge in [0.25, 0.3) is 5.91 Å². The summed E-state index contributed by atoms with van der Waals surface area (Å²) in [7, 11) is 1.64. The number of rotatable bonds is 4. The fourth-order valence-electron chi connectivity index (χ4n) is 3.01. The third kappa shape index (κ3) is 3.66. The van der Waals surface area contributed by atoms with Crippen LogP contribution in [0.5, 0.6) is 0 Å². The second-order valence-electron chi connectivity index (χ2n) is 6.15. The fraction of sp³-hybridized carbons (Fsp3) is 0.353. The smallest absolute Gasteiger partial charge is 0.271 e. The zero-order chi connectivity index (χ0) is 18.1. The van der Waals surface area contributed by atoms with Gasteiger partial charge in [0.1, 0.15) is 11.5 Å². The second-order valence-corrected chi connectivity index (χ2v) is 6.53. The predicted octanol–water partition coefficient (Wildman–Crippen LogP) is 2.05. The van der Waals surface area contributed by atoms with Gasteiger partial charge < -0.3 is 10.2 Å². The van der Waals surface area contributed by atoms with E-state index in [2.05, 4.69) is 10.4 Å². The fourth-order valence-corrected chi connectivity index (χ4v) is 3.26. The molecule has 1 aliphatic rings. The highest BCUT2D eigenvalue weighted by atomic mass is 35.5. The summed E-state index contributed by atoms with van der Waals surface area (Å²) in [5.74, 6) is -0.782. The Hall–Kier alpha value is -2.41. The topological polar surface area (TPSA) is 67.2 Å². The second kappa shape index (κ2) is 6.84. The number of aryl methyl sites for hydroxylation is 2. The Kier molecular flexibility index (Phi) is 4.76. The molecule has 2 heterocycles. The summed E-state index contributed by atoms with van der Waals surface area (Å²) in [5.41, 5.74) is 1.56. The maximum Gasteiger partial charge on any atom is 0.271 e. The average Bonchev–Trinajstić information content (AvgIpc) is 2.98. The lowest BCUT2D eigenvalue weighted by atomic mass is 10.2. The molecule has 0 spiro atoms. The summed E-state index contributed by atoms with van der Waals surface area (Å²) in [6.45, 7) is 2.41. The number of likely N-dealkylation sites (tertiary alicyclic amines) is 1. The van der Waals surface area contributed by atoms with Crippen molar-refractivity contribution in [2.24, 2.45) is 7.05 Å². The first-order valence-corrected chi connectivity index (χ1v) is 8.25. The minimum atomic E-state index is -0.362. The van der Waals surface area contributed by atoms with Gasteiger partial charge in [-0.3, -0.25) is 14.3 Å². The van der Waals surface area contributed by atoms with Crippen molar-refractivity contribution >= 4 is 23.4 Å². The van der Waals surface area contributed by atoms with Crippen LogP contribution in [0, 0.1) is 12.7 Å². The minimum Gasteiger partial charge on any atom is -0.346 e. The van der Waals surface area contributed by atoms with E-state index in [0.29, 0.717) is 29.4 Å². The number of hydrogen-bond acceptors (Lipinski definition) is 3. The van der Waals surface area contributed by atoms with Gasteiger partial charge in [0, 0.05) is 26.6 Å². The van der Waals surface area contributed by atoms with E-state index < -0.39 is 0 Å². The lowest BCUT2D eigenvalue weighted by Gasteiger charge is -2.17. The van der Waals surface area contributed by atoms with Crippen LogP contribution in [-0.2, 0) is 18.4 Å². The molecule has 8 heteroatoms. The van der Waals surface area contributed by atoms with Gasteiger partial charge in [0.15, 0.2) is 0 Å². The number of halogens is 2. The molecule has 1 aromatic carbocycles.